The van der Waals surface area contributed by atoms with Crippen LogP contribution in [0.25, 0.3) is 10.9 Å². The number of benzene rings is 2. The summed E-state index contributed by atoms with van der Waals surface area (Å²) in [5.41, 5.74) is 0.556. The van der Waals surface area contributed by atoms with Gasteiger partial charge in [-0.3, -0.25) is 19.9 Å². The lowest BCUT2D eigenvalue weighted by Crippen LogP contribution is -2.27. The topological polar surface area (TPSA) is 108 Å². The molecule has 0 aliphatic rings. The van der Waals surface area contributed by atoms with Crippen molar-refractivity contribution in [3.8, 4) is 5.75 Å². The van der Waals surface area contributed by atoms with Crippen LogP contribution in [0.5, 0.6) is 5.75 Å². The van der Waals surface area contributed by atoms with Crippen LogP contribution in [-0.4, -0.2) is 15.8 Å². The molecule has 126 valence electrons. The lowest BCUT2D eigenvalue weighted by molar-refractivity contribution is -0.383. The molecule has 3 aromatic rings. The van der Waals surface area contributed by atoms with E-state index in [1.165, 1.54) is 31.3 Å². The second kappa shape index (κ2) is 6.56. The minimum Gasteiger partial charge on any atom is -0.871 e. The normalized spacial score (nSPS) is 11.9. The van der Waals surface area contributed by atoms with Gasteiger partial charge in [0.15, 0.2) is 0 Å². The van der Waals surface area contributed by atoms with Crippen molar-refractivity contribution in [1.29, 1.82) is 0 Å². The largest absolute Gasteiger partial charge is 0.871 e. The number of pyridine rings is 1. The fourth-order valence-electron chi connectivity index (χ4n) is 2.78. The summed E-state index contributed by atoms with van der Waals surface area (Å²) in [6, 6.07) is 12.3. The van der Waals surface area contributed by atoms with Gasteiger partial charge in [-0.25, -0.2) is 0 Å². The molecule has 0 fully saturated rings. The molecule has 1 N–H and O–H groups in total. The molecule has 25 heavy (non-hydrogen) atoms. The molecule has 1 aromatic heterocycles. The third-order valence-electron chi connectivity index (χ3n) is 3.84. The molecule has 0 aliphatic heterocycles. The first-order chi connectivity index (χ1) is 12.0. The van der Waals surface area contributed by atoms with E-state index in [1.54, 1.807) is 30.3 Å². The SMILES string of the molecule is CC(=O)N[C@@H](c1ccccc1)c1cc([N+](=O)[O-])c2cccnc2c1[O-]. The summed E-state index contributed by atoms with van der Waals surface area (Å²) < 4.78 is 0. The van der Waals surface area contributed by atoms with Crippen LogP contribution in [-0.2, 0) is 4.79 Å². The Bertz CT molecular complexity index is 957. The van der Waals surface area contributed by atoms with Crippen LogP contribution in [0.2, 0.25) is 0 Å². The Hall–Kier alpha value is -3.48. The number of hydrogen-bond acceptors (Lipinski definition) is 5. The number of amides is 1. The van der Waals surface area contributed by atoms with Crippen LogP contribution in [0.1, 0.15) is 24.1 Å². The minimum atomic E-state index is -0.795. The average molecular weight is 336 g/mol. The number of nitro benzene ring substituents is 1. The fraction of sp³-hybridized carbons (Fsp3) is 0.111. The molecule has 1 amide bonds. The molecule has 0 aliphatic carbocycles. The number of hydrogen-bond donors (Lipinski definition) is 1. The first kappa shape index (κ1) is 16.4. The monoisotopic (exact) mass is 336 g/mol. The van der Waals surface area contributed by atoms with Crippen molar-refractivity contribution in [1.82, 2.24) is 10.3 Å². The molecule has 1 heterocycles. The van der Waals surface area contributed by atoms with E-state index in [2.05, 4.69) is 10.3 Å². The maximum atomic E-state index is 12.9. The molecule has 7 heteroatoms. The molecule has 0 saturated heterocycles. The van der Waals surface area contributed by atoms with Crippen LogP contribution in [0.4, 0.5) is 5.69 Å². The Morgan fingerprint density at radius 3 is 2.56 bits per heavy atom. The lowest BCUT2D eigenvalue weighted by atomic mass is 9.95. The molecular weight excluding hydrogens is 322 g/mol. The number of aromatic nitrogens is 1. The van der Waals surface area contributed by atoms with Crippen LogP contribution in [0.3, 0.4) is 0 Å². The van der Waals surface area contributed by atoms with Gasteiger partial charge in [-0.05, 0) is 23.3 Å². The highest BCUT2D eigenvalue weighted by atomic mass is 16.6. The van der Waals surface area contributed by atoms with Crippen molar-refractivity contribution < 1.29 is 14.8 Å². The molecular formula is C18H14N3O4-. The highest BCUT2D eigenvalue weighted by molar-refractivity contribution is 5.93. The first-order valence-corrected chi connectivity index (χ1v) is 7.54. The van der Waals surface area contributed by atoms with E-state index >= 15 is 0 Å². The van der Waals surface area contributed by atoms with Crippen LogP contribution in [0, 0.1) is 10.1 Å². The summed E-state index contributed by atoms with van der Waals surface area (Å²) in [4.78, 5) is 26.5. The first-order valence-electron chi connectivity index (χ1n) is 7.54. The molecule has 0 unspecified atom stereocenters. The van der Waals surface area contributed by atoms with Gasteiger partial charge in [0.25, 0.3) is 5.69 Å². The maximum Gasteiger partial charge on any atom is 0.279 e. The summed E-state index contributed by atoms with van der Waals surface area (Å²) in [5, 5.41) is 27.2. The number of nitrogens with zero attached hydrogens (tertiary/aromatic N) is 2. The summed E-state index contributed by atoms with van der Waals surface area (Å²) in [6.07, 6.45) is 1.41. The molecule has 7 nitrogen and oxygen atoms in total. The van der Waals surface area contributed by atoms with Crippen LogP contribution >= 0.6 is 0 Å². The predicted molar refractivity (Wildman–Crippen MR) is 89.9 cm³/mol. The van der Waals surface area contributed by atoms with Crippen molar-refractivity contribution in [3.63, 3.8) is 0 Å². The van der Waals surface area contributed by atoms with Crippen molar-refractivity contribution >= 4 is 22.5 Å². The molecule has 2 aromatic carbocycles. The smallest absolute Gasteiger partial charge is 0.279 e. The predicted octanol–water partition coefficient (Wildman–Crippen LogP) is 2.44. The molecule has 0 spiro atoms. The van der Waals surface area contributed by atoms with Crippen LogP contribution < -0.4 is 10.4 Å². The molecule has 0 saturated carbocycles. The van der Waals surface area contributed by atoms with E-state index in [9.17, 15) is 20.0 Å². The number of nitrogens with one attached hydrogen (secondary N) is 1. The van der Waals surface area contributed by atoms with Gasteiger partial charge in [0, 0.05) is 19.2 Å². The van der Waals surface area contributed by atoms with Crippen LogP contribution in [0.15, 0.2) is 54.7 Å². The van der Waals surface area contributed by atoms with Gasteiger partial charge < -0.3 is 10.4 Å². The average Bonchev–Trinajstić information content (AvgIpc) is 2.61. The number of nitro groups is 1. The van der Waals surface area contributed by atoms with Crippen molar-refractivity contribution in [3.05, 3.63) is 76.0 Å². The fourth-order valence-corrected chi connectivity index (χ4v) is 2.78. The standard InChI is InChI=1S/C18H15N3O4/c1-11(22)20-16(12-6-3-2-4-7-12)14-10-15(21(24)25)13-8-5-9-19-17(13)18(14)23/h2-10,16,23H,1H3,(H,20,22)/p-1/t16-/m0/s1. The summed E-state index contributed by atoms with van der Waals surface area (Å²) >= 11 is 0. The quantitative estimate of drug-likeness (QED) is 0.581. The zero-order valence-electron chi connectivity index (χ0n) is 13.3. The van der Waals surface area contributed by atoms with E-state index in [4.69, 9.17) is 0 Å². The van der Waals surface area contributed by atoms with Gasteiger partial charge >= 0.3 is 0 Å². The van der Waals surface area contributed by atoms with Crippen molar-refractivity contribution in [2.75, 3.05) is 0 Å². The van der Waals surface area contributed by atoms with E-state index in [0.717, 1.165) is 0 Å². The number of fused-ring (bicyclic) bond motifs is 1. The Kier molecular flexibility index (Phi) is 4.30. The van der Waals surface area contributed by atoms with Gasteiger partial charge in [-0.2, -0.15) is 0 Å². The second-order valence-corrected chi connectivity index (χ2v) is 5.51. The van der Waals surface area contributed by atoms with E-state index in [1.807, 2.05) is 0 Å². The Morgan fingerprint density at radius 2 is 1.92 bits per heavy atom. The summed E-state index contributed by atoms with van der Waals surface area (Å²) in [5.74, 6) is -0.791. The van der Waals surface area contributed by atoms with E-state index in [-0.39, 0.29) is 28.1 Å². The molecule has 0 bridgehead atoms. The van der Waals surface area contributed by atoms with Gasteiger partial charge in [-0.1, -0.05) is 36.1 Å². The second-order valence-electron chi connectivity index (χ2n) is 5.51. The summed E-state index contributed by atoms with van der Waals surface area (Å²) in [7, 11) is 0. The van der Waals surface area contributed by atoms with E-state index < -0.39 is 16.7 Å². The molecule has 1 atom stereocenters. The molecule has 3 rings (SSSR count). The van der Waals surface area contributed by atoms with E-state index in [0.29, 0.717) is 5.56 Å². The number of non-ortho nitro benzene ring substituents is 1. The Balaban J connectivity index is 2.29. The van der Waals surface area contributed by atoms with Gasteiger partial charge in [-0.15, -0.1) is 0 Å². The van der Waals surface area contributed by atoms with Gasteiger partial charge in [0.2, 0.25) is 5.91 Å². The number of carbonyl (C=O) groups is 1. The van der Waals surface area contributed by atoms with Crippen molar-refractivity contribution in [2.45, 2.75) is 13.0 Å². The van der Waals surface area contributed by atoms with Gasteiger partial charge in [0.1, 0.15) is 0 Å². The third kappa shape index (κ3) is 3.12. The molecule has 0 radical (unpaired) electrons. The van der Waals surface area contributed by atoms with Gasteiger partial charge in [0.05, 0.1) is 21.9 Å². The lowest BCUT2D eigenvalue weighted by Gasteiger charge is -2.25. The highest BCUT2D eigenvalue weighted by Crippen LogP contribution is 2.37. The highest BCUT2D eigenvalue weighted by Gasteiger charge is 2.22. The Morgan fingerprint density at radius 1 is 1.20 bits per heavy atom. The minimum absolute atomic E-state index is 0.0120. The summed E-state index contributed by atoms with van der Waals surface area (Å²) in [6.45, 7) is 1.33. The third-order valence-corrected chi connectivity index (χ3v) is 3.84. The number of rotatable bonds is 4. The number of carbonyl (C=O) groups excluding carboxylic acids is 1. The zero-order valence-corrected chi connectivity index (χ0v) is 13.3. The van der Waals surface area contributed by atoms with Crippen molar-refractivity contribution in [2.24, 2.45) is 0 Å². The maximum absolute atomic E-state index is 12.9. The zero-order chi connectivity index (χ0) is 18.0. The Labute approximate surface area is 143 Å².